The van der Waals surface area contributed by atoms with Crippen LogP contribution in [0.25, 0.3) is 0 Å². The van der Waals surface area contributed by atoms with Crippen LogP contribution < -0.4 is 11.1 Å². The molecule has 2 unspecified atom stereocenters. The predicted molar refractivity (Wildman–Crippen MR) is 96.3 cm³/mol. The molecule has 5 nitrogen and oxygen atoms in total. The molecule has 21 heavy (non-hydrogen) atoms. The molecule has 2 rings (SSSR count). The van der Waals surface area contributed by atoms with Crippen molar-refractivity contribution < 1.29 is 9.47 Å². The Bertz CT molecular complexity index is 335. The molecule has 124 valence electrons. The standard InChI is InChI=1S/C15H29N3O2.HI/c1-3-19-10-6-9-17-14(16)18-12-11-13(20-4-2)15(12)7-5-8-15;/h12-13H,3-11H2,1-2H3,(H3,16,17,18);1H. The number of ether oxygens (including phenoxy) is 2. The van der Waals surface area contributed by atoms with E-state index >= 15 is 0 Å². The van der Waals surface area contributed by atoms with Crippen LogP contribution in [0.4, 0.5) is 0 Å². The van der Waals surface area contributed by atoms with Crippen LogP contribution in [0.15, 0.2) is 4.99 Å². The van der Waals surface area contributed by atoms with Crippen LogP contribution in [0.2, 0.25) is 0 Å². The molecule has 1 spiro atoms. The van der Waals surface area contributed by atoms with Crippen molar-refractivity contribution in [2.24, 2.45) is 16.1 Å². The molecular weight excluding hydrogens is 381 g/mol. The number of nitrogens with two attached hydrogens (primary N) is 1. The molecular formula is C15H30IN3O2. The Hall–Kier alpha value is -0.0800. The van der Waals surface area contributed by atoms with E-state index in [4.69, 9.17) is 15.2 Å². The summed E-state index contributed by atoms with van der Waals surface area (Å²) in [5.74, 6) is 0.577. The zero-order valence-corrected chi connectivity index (χ0v) is 15.6. The monoisotopic (exact) mass is 411 g/mol. The molecule has 3 N–H and O–H groups in total. The molecule has 0 aliphatic heterocycles. The zero-order valence-electron chi connectivity index (χ0n) is 13.3. The van der Waals surface area contributed by atoms with Crippen molar-refractivity contribution in [1.82, 2.24) is 5.32 Å². The van der Waals surface area contributed by atoms with E-state index in [9.17, 15) is 0 Å². The van der Waals surface area contributed by atoms with Crippen LogP contribution in [0, 0.1) is 5.41 Å². The molecule has 2 aliphatic carbocycles. The lowest BCUT2D eigenvalue weighted by Gasteiger charge is -2.61. The summed E-state index contributed by atoms with van der Waals surface area (Å²) in [7, 11) is 0. The molecule has 0 saturated heterocycles. The molecule has 2 saturated carbocycles. The van der Waals surface area contributed by atoms with Crippen LogP contribution in [0.1, 0.15) is 46.0 Å². The highest BCUT2D eigenvalue weighted by Gasteiger charge is 2.59. The molecule has 2 aliphatic rings. The van der Waals surface area contributed by atoms with Gasteiger partial charge in [0.1, 0.15) is 0 Å². The maximum absolute atomic E-state index is 5.98. The van der Waals surface area contributed by atoms with Gasteiger partial charge in [0.15, 0.2) is 5.96 Å². The largest absolute Gasteiger partial charge is 0.382 e. The smallest absolute Gasteiger partial charge is 0.188 e. The summed E-state index contributed by atoms with van der Waals surface area (Å²) in [5, 5.41) is 3.40. The van der Waals surface area contributed by atoms with E-state index in [1.807, 2.05) is 6.92 Å². The topological polar surface area (TPSA) is 68.9 Å². The van der Waals surface area contributed by atoms with E-state index in [1.54, 1.807) is 0 Å². The summed E-state index contributed by atoms with van der Waals surface area (Å²) in [6, 6.07) is 0.448. The van der Waals surface area contributed by atoms with Gasteiger partial charge in [-0.05, 0) is 39.5 Å². The highest BCUT2D eigenvalue weighted by molar-refractivity contribution is 14.0. The number of nitrogens with zero attached hydrogens (tertiary/aromatic N) is 1. The highest BCUT2D eigenvalue weighted by atomic mass is 127. The first kappa shape index (κ1) is 19.0. The summed E-state index contributed by atoms with van der Waals surface area (Å²) in [6.07, 6.45) is 6.23. The SMILES string of the molecule is CCOCCCN=C(N)NC1CC(OCC)C12CCC2.I. The van der Waals surface area contributed by atoms with Gasteiger partial charge in [-0.15, -0.1) is 24.0 Å². The second kappa shape index (κ2) is 9.15. The molecule has 0 heterocycles. The van der Waals surface area contributed by atoms with Crippen LogP contribution in [0.3, 0.4) is 0 Å². The van der Waals surface area contributed by atoms with Gasteiger partial charge in [0, 0.05) is 37.8 Å². The third-order valence-corrected chi connectivity index (χ3v) is 4.69. The second-order valence-electron chi connectivity index (χ2n) is 5.78. The minimum atomic E-state index is 0. The van der Waals surface area contributed by atoms with Crippen molar-refractivity contribution in [2.75, 3.05) is 26.4 Å². The number of guanidine groups is 1. The van der Waals surface area contributed by atoms with E-state index < -0.39 is 0 Å². The van der Waals surface area contributed by atoms with Crippen LogP contribution in [-0.2, 0) is 9.47 Å². The van der Waals surface area contributed by atoms with Crippen molar-refractivity contribution >= 4 is 29.9 Å². The summed E-state index contributed by atoms with van der Waals surface area (Å²) in [6.45, 7) is 7.13. The summed E-state index contributed by atoms with van der Waals surface area (Å²) in [4.78, 5) is 4.38. The minimum absolute atomic E-state index is 0. The number of aliphatic imine (C=N–C) groups is 1. The molecule has 6 heteroatoms. The third-order valence-electron chi connectivity index (χ3n) is 4.69. The van der Waals surface area contributed by atoms with E-state index in [1.165, 1.54) is 19.3 Å². The predicted octanol–water partition coefficient (Wildman–Crippen LogP) is 2.28. The Balaban J connectivity index is 0.00000220. The molecule has 0 aromatic rings. The summed E-state index contributed by atoms with van der Waals surface area (Å²) < 4.78 is 11.1. The maximum Gasteiger partial charge on any atom is 0.188 e. The number of hydrogen-bond acceptors (Lipinski definition) is 3. The molecule has 2 fully saturated rings. The average Bonchev–Trinajstić information content (AvgIpc) is 2.35. The van der Waals surface area contributed by atoms with Crippen LogP contribution in [0.5, 0.6) is 0 Å². The van der Waals surface area contributed by atoms with Gasteiger partial charge in [-0.3, -0.25) is 4.99 Å². The molecule has 0 radical (unpaired) electrons. The van der Waals surface area contributed by atoms with Crippen molar-refractivity contribution in [2.45, 2.75) is 58.1 Å². The Kier molecular flexibility index (Phi) is 8.26. The van der Waals surface area contributed by atoms with Gasteiger partial charge in [0.05, 0.1) is 6.10 Å². The molecule has 0 aromatic carbocycles. The van der Waals surface area contributed by atoms with Gasteiger partial charge in [-0.2, -0.15) is 0 Å². The average molecular weight is 411 g/mol. The zero-order chi connectivity index (χ0) is 14.4. The first-order valence-corrected chi connectivity index (χ1v) is 7.98. The third kappa shape index (κ3) is 4.45. The van der Waals surface area contributed by atoms with Crippen LogP contribution in [-0.4, -0.2) is 44.5 Å². The Morgan fingerprint density at radius 3 is 2.67 bits per heavy atom. The lowest BCUT2D eigenvalue weighted by molar-refractivity contribution is -0.168. The molecule has 0 aromatic heterocycles. The fraction of sp³-hybridized carbons (Fsp3) is 0.933. The second-order valence-corrected chi connectivity index (χ2v) is 5.78. The van der Waals surface area contributed by atoms with E-state index in [0.717, 1.165) is 39.2 Å². The minimum Gasteiger partial charge on any atom is -0.382 e. The number of rotatable bonds is 8. The van der Waals surface area contributed by atoms with E-state index in [-0.39, 0.29) is 24.0 Å². The number of nitrogens with one attached hydrogen (secondary N) is 1. The van der Waals surface area contributed by atoms with Gasteiger partial charge < -0.3 is 20.5 Å². The number of halogens is 1. The van der Waals surface area contributed by atoms with Gasteiger partial charge in [0.2, 0.25) is 0 Å². The normalized spacial score (nSPS) is 26.7. The Labute approximate surface area is 145 Å². The summed E-state index contributed by atoms with van der Waals surface area (Å²) >= 11 is 0. The van der Waals surface area contributed by atoms with E-state index in [0.29, 0.717) is 23.5 Å². The van der Waals surface area contributed by atoms with Gasteiger partial charge in [-0.25, -0.2) is 0 Å². The van der Waals surface area contributed by atoms with Crippen molar-refractivity contribution in [3.63, 3.8) is 0 Å². The lowest BCUT2D eigenvalue weighted by Crippen LogP contribution is -2.68. The molecule has 0 bridgehead atoms. The molecule has 2 atom stereocenters. The molecule has 0 amide bonds. The fourth-order valence-electron chi connectivity index (χ4n) is 3.38. The quantitative estimate of drug-likeness (QED) is 0.278. The van der Waals surface area contributed by atoms with Gasteiger partial charge >= 0.3 is 0 Å². The number of hydrogen-bond donors (Lipinski definition) is 2. The fourth-order valence-corrected chi connectivity index (χ4v) is 3.38. The van der Waals surface area contributed by atoms with Gasteiger partial charge in [-0.1, -0.05) is 6.42 Å². The first-order chi connectivity index (χ1) is 9.73. The lowest BCUT2D eigenvalue weighted by atomic mass is 9.51. The maximum atomic E-state index is 5.98. The Morgan fingerprint density at radius 2 is 2.10 bits per heavy atom. The highest BCUT2D eigenvalue weighted by Crippen LogP contribution is 2.57. The summed E-state index contributed by atoms with van der Waals surface area (Å²) in [5.41, 5.74) is 6.31. The van der Waals surface area contributed by atoms with Crippen LogP contribution >= 0.6 is 24.0 Å². The Morgan fingerprint density at radius 1 is 1.33 bits per heavy atom. The van der Waals surface area contributed by atoms with E-state index in [2.05, 4.69) is 17.2 Å². The first-order valence-electron chi connectivity index (χ1n) is 7.98. The van der Waals surface area contributed by atoms with Crippen molar-refractivity contribution in [3.8, 4) is 0 Å². The van der Waals surface area contributed by atoms with Crippen molar-refractivity contribution in [3.05, 3.63) is 0 Å². The van der Waals surface area contributed by atoms with Gasteiger partial charge in [0.25, 0.3) is 0 Å². The van der Waals surface area contributed by atoms with Crippen molar-refractivity contribution in [1.29, 1.82) is 0 Å².